The van der Waals surface area contributed by atoms with Crippen molar-refractivity contribution in [3.05, 3.63) is 150 Å². The van der Waals surface area contributed by atoms with Crippen molar-refractivity contribution in [2.24, 2.45) is 16.7 Å². The molecule has 0 amide bonds. The second kappa shape index (κ2) is 16.0. The number of allylic oxidation sites excluding steroid dienone is 4. The fourth-order valence-electron chi connectivity index (χ4n) is 13.3. The molecule has 2 unspecified atom stereocenters. The molecule has 3 atom stereocenters. The molecule has 0 spiro atoms. The maximum atomic E-state index is 2.85. The summed E-state index contributed by atoms with van der Waals surface area (Å²) in [6.07, 6.45) is 11.0. The van der Waals surface area contributed by atoms with Gasteiger partial charge < -0.3 is 0 Å². The van der Waals surface area contributed by atoms with Gasteiger partial charge in [0.25, 0.3) is 0 Å². The number of benzene rings is 4. The summed E-state index contributed by atoms with van der Waals surface area (Å²) in [6, 6.07) is 27.8. The van der Waals surface area contributed by atoms with E-state index in [-0.39, 0.29) is 39.2 Å². The molecule has 2 heterocycles. The Morgan fingerprint density at radius 1 is 0.652 bits per heavy atom. The summed E-state index contributed by atoms with van der Waals surface area (Å²) in [7, 11) is 0. The van der Waals surface area contributed by atoms with Gasteiger partial charge in [-0.3, -0.25) is 0 Å². The third-order valence-corrected chi connectivity index (χ3v) is 19.5. The molecule has 1 fully saturated rings. The van der Waals surface area contributed by atoms with Gasteiger partial charge in [-0.15, -0.1) is 11.3 Å². The summed E-state index contributed by atoms with van der Waals surface area (Å²) >= 11 is 2.16. The lowest BCUT2D eigenvalue weighted by Gasteiger charge is -2.51. The summed E-state index contributed by atoms with van der Waals surface area (Å²) < 4.78 is 1.50. The minimum Gasteiger partial charge on any atom is -0.141 e. The Labute approximate surface area is 406 Å². The van der Waals surface area contributed by atoms with Crippen LogP contribution in [-0.4, -0.2) is 6.71 Å². The topological polar surface area (TPSA) is 0 Å². The molecule has 4 aromatic carbocycles. The first-order chi connectivity index (χ1) is 30.6. The van der Waals surface area contributed by atoms with Gasteiger partial charge in [0, 0.05) is 15.5 Å². The largest absolute Gasteiger partial charge is 0.244 e. The van der Waals surface area contributed by atoms with Gasteiger partial charge in [-0.05, 0) is 172 Å². The molecule has 0 saturated heterocycles. The summed E-state index contributed by atoms with van der Waals surface area (Å²) in [6.45, 7) is 44.3. The fourth-order valence-corrected chi connectivity index (χ4v) is 14.8. The maximum Gasteiger partial charge on any atom is 0.244 e. The van der Waals surface area contributed by atoms with Crippen LogP contribution in [0.3, 0.4) is 0 Å². The number of hydrogen-bond donors (Lipinski definition) is 0. The molecule has 5 aromatic rings. The highest BCUT2D eigenvalue weighted by atomic mass is 32.1. The number of fused-ring (bicyclic) bond motifs is 6. The predicted molar refractivity (Wildman–Crippen MR) is 292 cm³/mol. The summed E-state index contributed by atoms with van der Waals surface area (Å²) in [5, 5.41) is 1.53. The van der Waals surface area contributed by atoms with E-state index in [1.54, 1.807) is 49.1 Å². The van der Waals surface area contributed by atoms with Crippen LogP contribution in [0.2, 0.25) is 0 Å². The molecule has 348 valence electrons. The fraction of sp³-hybridized carbons (Fsp3) is 0.531. The summed E-state index contributed by atoms with van der Waals surface area (Å²) in [5.41, 5.74) is 23.9. The minimum absolute atomic E-state index is 0.120. The van der Waals surface area contributed by atoms with Crippen LogP contribution in [0.4, 0.5) is 0 Å². The van der Waals surface area contributed by atoms with Gasteiger partial charge in [-0.1, -0.05) is 203 Å². The Hall–Kier alpha value is -3.62. The highest BCUT2D eigenvalue weighted by molar-refractivity contribution is 7.22. The molecular formula is C64H83BS. The van der Waals surface area contributed by atoms with Gasteiger partial charge in [-0.25, -0.2) is 0 Å². The third kappa shape index (κ3) is 8.18. The third-order valence-electron chi connectivity index (χ3n) is 18.2. The Balaban J connectivity index is 1.38. The van der Waals surface area contributed by atoms with Crippen molar-refractivity contribution in [1.82, 2.24) is 0 Å². The van der Waals surface area contributed by atoms with Crippen molar-refractivity contribution in [3.63, 3.8) is 0 Å². The Morgan fingerprint density at radius 3 is 1.88 bits per heavy atom. The van der Waals surface area contributed by atoms with Crippen LogP contribution >= 0.6 is 11.3 Å². The van der Waals surface area contributed by atoms with E-state index in [2.05, 4.69) is 209 Å². The molecule has 1 saturated carbocycles. The molecule has 2 heteroatoms. The predicted octanol–water partition coefficient (Wildman–Crippen LogP) is 16.7. The van der Waals surface area contributed by atoms with E-state index < -0.39 is 0 Å². The van der Waals surface area contributed by atoms with E-state index >= 15 is 0 Å². The Kier molecular flexibility index (Phi) is 11.5. The Bertz CT molecular complexity index is 2790. The highest BCUT2D eigenvalue weighted by Crippen LogP contribution is 2.57. The molecule has 1 aromatic heterocycles. The number of hydrogen-bond acceptors (Lipinski definition) is 1. The molecule has 0 N–H and O–H groups in total. The minimum atomic E-state index is 0.120. The second-order valence-electron chi connectivity index (χ2n) is 27.0. The zero-order valence-electron chi connectivity index (χ0n) is 44.6. The van der Waals surface area contributed by atoms with Crippen molar-refractivity contribution in [1.29, 1.82) is 0 Å². The molecule has 0 nitrogen and oxygen atoms in total. The van der Waals surface area contributed by atoms with E-state index in [4.69, 9.17) is 0 Å². The number of thiophene rings is 1. The molecule has 9 rings (SSSR count). The van der Waals surface area contributed by atoms with Crippen molar-refractivity contribution in [2.45, 2.75) is 203 Å². The quantitative estimate of drug-likeness (QED) is 0.154. The molecular weight excluding hydrogens is 812 g/mol. The van der Waals surface area contributed by atoms with Crippen LogP contribution < -0.4 is 10.9 Å². The normalized spacial score (nSPS) is 22.5. The maximum absolute atomic E-state index is 2.85. The Morgan fingerprint density at radius 2 is 1.26 bits per heavy atom. The summed E-state index contributed by atoms with van der Waals surface area (Å²) in [4.78, 5) is 1.63. The molecule has 0 bridgehead atoms. The van der Waals surface area contributed by atoms with Crippen molar-refractivity contribution >= 4 is 39.1 Å². The van der Waals surface area contributed by atoms with E-state index in [0.29, 0.717) is 17.8 Å². The van der Waals surface area contributed by atoms with Gasteiger partial charge in [0.05, 0.1) is 0 Å². The lowest BCUT2D eigenvalue weighted by atomic mass is 9.32. The highest BCUT2D eigenvalue weighted by Gasteiger charge is 2.49. The first-order valence-corrected chi connectivity index (χ1v) is 26.7. The molecule has 66 heavy (non-hydrogen) atoms. The molecule has 1 aliphatic heterocycles. The second-order valence-corrected chi connectivity index (χ2v) is 28.0. The van der Waals surface area contributed by atoms with Gasteiger partial charge in [0.1, 0.15) is 0 Å². The van der Waals surface area contributed by atoms with Gasteiger partial charge in [0.15, 0.2) is 0 Å². The average molecular weight is 895 g/mol. The van der Waals surface area contributed by atoms with E-state index in [9.17, 15) is 0 Å². The molecule has 0 radical (unpaired) electrons. The van der Waals surface area contributed by atoms with Crippen molar-refractivity contribution in [3.8, 4) is 0 Å². The van der Waals surface area contributed by atoms with Crippen LogP contribution in [0.25, 0.3) is 10.1 Å². The smallest absolute Gasteiger partial charge is 0.141 e. The first kappa shape index (κ1) is 47.5. The molecule has 3 aliphatic carbocycles. The standard InChI is InChI=1S/C64H83BS/c1-38-29-40(3)56-45(30-38)33-48(41(4)42-19-22-46(23-20-42)59(5,6)7)58-57(49-35-51-53(37-55(49)66-58)64(17,18)28-26-62(51,13)14)65(56)54-36-52-50(61(11,12)25-27-63(52,15)16)34-44(54)32-43-21-24-47(31-39(43)2)60(8,9)10/h19-24,29-31,35-37,41,48,50H,25-28,32-34H2,1-18H3/t41-,48?,50?/m0/s1. The van der Waals surface area contributed by atoms with Crippen LogP contribution in [0.5, 0.6) is 0 Å². The van der Waals surface area contributed by atoms with E-state index in [0.717, 1.165) is 19.3 Å². The van der Waals surface area contributed by atoms with Gasteiger partial charge in [0.2, 0.25) is 6.71 Å². The van der Waals surface area contributed by atoms with Crippen LogP contribution in [0.1, 0.15) is 208 Å². The lowest BCUT2D eigenvalue weighted by molar-refractivity contribution is 0.121. The lowest BCUT2D eigenvalue weighted by Crippen LogP contribution is -2.49. The average Bonchev–Trinajstić information content (AvgIpc) is 3.52. The first-order valence-electron chi connectivity index (χ1n) is 25.9. The van der Waals surface area contributed by atoms with Crippen molar-refractivity contribution in [2.75, 3.05) is 0 Å². The van der Waals surface area contributed by atoms with Crippen LogP contribution in [-0.2, 0) is 34.5 Å². The van der Waals surface area contributed by atoms with E-state index in [1.807, 2.05) is 0 Å². The van der Waals surface area contributed by atoms with Crippen LogP contribution in [0, 0.1) is 37.5 Å². The summed E-state index contributed by atoms with van der Waals surface area (Å²) in [5.74, 6) is 1.24. The van der Waals surface area contributed by atoms with Gasteiger partial charge in [-0.2, -0.15) is 0 Å². The SMILES string of the molecule is Cc1cc(C)c2c(c1)CC([C@@H](C)c1ccc(C(C)(C)C)cc1)c1sc3cc4c(cc3c1B2C1=C(Cc2ccc(C(C)(C)C)cc2C)CC2C(=C1)C(C)(C)CCC2(C)C)C(C)(C)CCC4(C)C. The van der Waals surface area contributed by atoms with E-state index in [1.165, 1.54) is 74.7 Å². The van der Waals surface area contributed by atoms with Crippen LogP contribution in [0.15, 0.2) is 89.4 Å². The van der Waals surface area contributed by atoms with Crippen molar-refractivity contribution < 1.29 is 0 Å². The zero-order chi connectivity index (χ0) is 47.8. The molecule has 4 aliphatic rings. The monoisotopic (exact) mass is 895 g/mol. The van der Waals surface area contributed by atoms with Gasteiger partial charge >= 0.3 is 0 Å². The zero-order valence-corrected chi connectivity index (χ0v) is 45.4. The number of aryl methyl sites for hydroxylation is 3. The number of rotatable bonds is 5.